The van der Waals surface area contributed by atoms with Crippen LogP contribution in [0.15, 0.2) is 18.8 Å². The Kier molecular flexibility index (Phi) is 3.55. The van der Waals surface area contributed by atoms with Crippen molar-refractivity contribution in [2.24, 2.45) is 0 Å². The zero-order valence-corrected chi connectivity index (χ0v) is 11.7. The molecule has 0 bridgehead atoms. The maximum Gasteiger partial charge on any atom is 0.268 e. The summed E-state index contributed by atoms with van der Waals surface area (Å²) in [5.74, 6) is 1.21. The number of hydrogen-bond acceptors (Lipinski definition) is 5. The molecule has 2 aromatic rings. The molecule has 1 N–H and O–H groups in total. The smallest absolute Gasteiger partial charge is 0.268 e. The van der Waals surface area contributed by atoms with E-state index in [2.05, 4.69) is 47.3 Å². The van der Waals surface area contributed by atoms with E-state index in [9.17, 15) is 0 Å². The third kappa shape index (κ3) is 2.47. The molecule has 0 saturated heterocycles. The molecule has 0 unspecified atom stereocenters. The predicted octanol–water partition coefficient (Wildman–Crippen LogP) is 3.04. The highest BCUT2D eigenvalue weighted by atomic mass is 79.9. The molecule has 15 heavy (non-hydrogen) atoms. The zero-order chi connectivity index (χ0) is 10.8. The first-order valence-corrected chi connectivity index (χ1v) is 6.53. The quantitative estimate of drug-likeness (QED) is 0.922. The monoisotopic (exact) mass is 351 g/mol. The lowest BCUT2D eigenvalue weighted by atomic mass is 10.5. The van der Waals surface area contributed by atoms with Crippen LogP contribution in [-0.2, 0) is 6.54 Å². The van der Waals surface area contributed by atoms with Gasteiger partial charge in [-0.05, 0) is 45.0 Å². The minimum atomic E-state index is 0.552. The molecule has 0 aliphatic heterocycles. The minimum absolute atomic E-state index is 0.552. The second-order valence-corrected chi connectivity index (χ2v) is 6.00. The van der Waals surface area contributed by atoms with Crippen molar-refractivity contribution in [2.75, 3.05) is 7.05 Å². The fraction of sp³-hybridized carbons (Fsp3) is 0.250. The molecule has 0 amide bonds. The molecule has 0 radical (unpaired) electrons. The van der Waals surface area contributed by atoms with Gasteiger partial charge in [-0.25, -0.2) is 0 Å². The van der Waals surface area contributed by atoms with E-state index in [0.29, 0.717) is 18.3 Å². The zero-order valence-electron chi connectivity index (χ0n) is 7.75. The van der Waals surface area contributed by atoms with Crippen LogP contribution < -0.4 is 5.32 Å². The van der Waals surface area contributed by atoms with Gasteiger partial charge in [-0.1, -0.05) is 5.16 Å². The van der Waals surface area contributed by atoms with Crippen LogP contribution in [0.3, 0.4) is 0 Å². The van der Waals surface area contributed by atoms with Gasteiger partial charge in [0.05, 0.1) is 15.2 Å². The maximum atomic E-state index is 5.14. The van der Waals surface area contributed by atoms with Gasteiger partial charge >= 0.3 is 0 Å². The fourth-order valence-electron chi connectivity index (χ4n) is 1.04. The van der Waals surface area contributed by atoms with Gasteiger partial charge in [-0.15, -0.1) is 11.3 Å². The summed E-state index contributed by atoms with van der Waals surface area (Å²) in [4.78, 5) is 5.20. The van der Waals surface area contributed by atoms with E-state index in [1.165, 1.54) is 0 Å². The number of rotatable bonds is 3. The molecule has 0 aromatic carbocycles. The van der Waals surface area contributed by atoms with Crippen molar-refractivity contribution in [3.05, 3.63) is 20.1 Å². The summed E-state index contributed by atoms with van der Waals surface area (Å²) >= 11 is 8.38. The van der Waals surface area contributed by atoms with Crippen molar-refractivity contribution in [1.82, 2.24) is 15.5 Å². The van der Waals surface area contributed by atoms with Crippen LogP contribution in [0.1, 0.15) is 5.82 Å². The molecule has 0 saturated carbocycles. The second-order valence-electron chi connectivity index (χ2n) is 2.78. The van der Waals surface area contributed by atoms with Gasteiger partial charge in [0.2, 0.25) is 0 Å². The number of hydrogen-bond donors (Lipinski definition) is 1. The molecule has 2 heterocycles. The average Bonchev–Trinajstić information content (AvgIpc) is 2.76. The second kappa shape index (κ2) is 4.73. The Morgan fingerprint density at radius 2 is 2.33 bits per heavy atom. The Morgan fingerprint density at radius 1 is 1.53 bits per heavy atom. The third-order valence-electron chi connectivity index (χ3n) is 1.66. The van der Waals surface area contributed by atoms with Gasteiger partial charge in [0, 0.05) is 4.47 Å². The molecule has 0 spiro atoms. The largest absolute Gasteiger partial charge is 0.333 e. The molecule has 0 atom stereocenters. The Balaban J connectivity index is 2.28. The van der Waals surface area contributed by atoms with Crippen molar-refractivity contribution in [3.8, 4) is 10.8 Å². The lowest BCUT2D eigenvalue weighted by Crippen LogP contribution is -2.06. The Bertz CT molecular complexity index is 449. The highest BCUT2D eigenvalue weighted by Gasteiger charge is 2.12. The van der Waals surface area contributed by atoms with Gasteiger partial charge in [0.25, 0.3) is 5.89 Å². The molecule has 2 aromatic heterocycles. The van der Waals surface area contributed by atoms with Crippen LogP contribution in [0.5, 0.6) is 0 Å². The first kappa shape index (κ1) is 11.3. The van der Waals surface area contributed by atoms with Crippen LogP contribution in [0.25, 0.3) is 10.8 Å². The van der Waals surface area contributed by atoms with E-state index >= 15 is 0 Å². The lowest BCUT2D eigenvalue weighted by molar-refractivity contribution is 0.421. The van der Waals surface area contributed by atoms with E-state index in [1.54, 1.807) is 11.3 Å². The van der Waals surface area contributed by atoms with Gasteiger partial charge in [-0.2, -0.15) is 4.98 Å². The van der Waals surface area contributed by atoms with Crippen LogP contribution in [0.2, 0.25) is 0 Å². The number of aromatic nitrogens is 2. The topological polar surface area (TPSA) is 51.0 Å². The Morgan fingerprint density at radius 3 is 2.93 bits per heavy atom. The molecule has 7 heteroatoms. The molecule has 80 valence electrons. The first-order valence-electron chi connectivity index (χ1n) is 4.13. The number of nitrogens with zero attached hydrogens (tertiary/aromatic N) is 2. The molecular weight excluding hydrogens is 346 g/mol. The highest BCUT2D eigenvalue weighted by Crippen LogP contribution is 2.37. The highest BCUT2D eigenvalue weighted by molar-refractivity contribution is 9.13. The van der Waals surface area contributed by atoms with E-state index in [1.807, 2.05) is 13.1 Å². The van der Waals surface area contributed by atoms with Gasteiger partial charge in [0.1, 0.15) is 0 Å². The molecule has 0 aliphatic carbocycles. The maximum absolute atomic E-state index is 5.14. The van der Waals surface area contributed by atoms with Crippen LogP contribution in [0.4, 0.5) is 0 Å². The SMILES string of the molecule is CNCc1noc(-c2cc(Br)c(Br)s2)n1. The summed E-state index contributed by atoms with van der Waals surface area (Å²) in [5, 5.41) is 6.81. The molecule has 0 aliphatic rings. The summed E-state index contributed by atoms with van der Waals surface area (Å²) in [7, 11) is 1.84. The molecule has 2 rings (SSSR count). The van der Waals surface area contributed by atoms with Crippen molar-refractivity contribution in [2.45, 2.75) is 6.54 Å². The number of nitrogens with one attached hydrogen (secondary N) is 1. The summed E-state index contributed by atoms with van der Waals surface area (Å²) in [6.07, 6.45) is 0. The summed E-state index contributed by atoms with van der Waals surface area (Å²) in [6.45, 7) is 0.608. The summed E-state index contributed by atoms with van der Waals surface area (Å²) in [5.41, 5.74) is 0. The van der Waals surface area contributed by atoms with Crippen molar-refractivity contribution >= 4 is 43.2 Å². The fourth-order valence-corrected chi connectivity index (χ4v) is 2.99. The van der Waals surface area contributed by atoms with Crippen LogP contribution in [0, 0.1) is 0 Å². The van der Waals surface area contributed by atoms with E-state index in [4.69, 9.17) is 4.52 Å². The first-order chi connectivity index (χ1) is 7.20. The Labute approximate surface area is 107 Å². The molecular formula is C8H7Br2N3OS. The summed E-state index contributed by atoms with van der Waals surface area (Å²) in [6, 6.07) is 1.95. The van der Waals surface area contributed by atoms with Crippen molar-refractivity contribution < 1.29 is 4.52 Å². The van der Waals surface area contributed by atoms with Crippen molar-refractivity contribution in [1.29, 1.82) is 0 Å². The van der Waals surface area contributed by atoms with Crippen LogP contribution >= 0.6 is 43.2 Å². The number of halogens is 2. The van der Waals surface area contributed by atoms with Gasteiger partial charge in [-0.3, -0.25) is 0 Å². The van der Waals surface area contributed by atoms with E-state index < -0.39 is 0 Å². The summed E-state index contributed by atoms with van der Waals surface area (Å²) < 4.78 is 7.15. The normalized spacial score (nSPS) is 10.9. The van der Waals surface area contributed by atoms with Gasteiger partial charge in [0.15, 0.2) is 5.82 Å². The van der Waals surface area contributed by atoms with Crippen molar-refractivity contribution in [3.63, 3.8) is 0 Å². The number of thiophene rings is 1. The Hall–Kier alpha value is -0.240. The van der Waals surface area contributed by atoms with Gasteiger partial charge < -0.3 is 9.84 Å². The standard InChI is InChI=1S/C8H7Br2N3OS/c1-11-3-6-12-8(14-13-6)5-2-4(9)7(10)15-5/h2,11H,3H2,1H3. The van der Waals surface area contributed by atoms with E-state index in [-0.39, 0.29) is 0 Å². The lowest BCUT2D eigenvalue weighted by Gasteiger charge is -1.86. The average molecular weight is 353 g/mol. The van der Waals surface area contributed by atoms with E-state index in [0.717, 1.165) is 13.1 Å². The molecule has 4 nitrogen and oxygen atoms in total. The third-order valence-corrected chi connectivity index (χ3v) is 4.90. The predicted molar refractivity (Wildman–Crippen MR) is 65.8 cm³/mol. The van der Waals surface area contributed by atoms with Crippen LogP contribution in [-0.4, -0.2) is 17.2 Å². The minimum Gasteiger partial charge on any atom is -0.333 e. The molecule has 0 fully saturated rings.